The highest BCUT2D eigenvalue weighted by Gasteiger charge is 2.33. The lowest BCUT2D eigenvalue weighted by molar-refractivity contribution is -0.136. The van der Waals surface area contributed by atoms with Crippen molar-refractivity contribution in [3.63, 3.8) is 0 Å². The van der Waals surface area contributed by atoms with Crippen LogP contribution in [-0.4, -0.2) is 41.5 Å². The minimum absolute atomic E-state index is 0.354. The largest absolute Gasteiger partial charge is 0.497 e. The summed E-state index contributed by atoms with van der Waals surface area (Å²) in [6.07, 6.45) is 3.52. The summed E-state index contributed by atoms with van der Waals surface area (Å²) in [4.78, 5) is 29.0. The van der Waals surface area contributed by atoms with Gasteiger partial charge in [0.25, 0.3) is 0 Å². The number of imidazole rings is 1. The number of esters is 1. The summed E-state index contributed by atoms with van der Waals surface area (Å²) in [6.45, 7) is 0. The number of hydrogen-bond donors (Lipinski definition) is 2. The molecule has 0 bridgehead atoms. The Morgan fingerprint density at radius 2 is 2.19 bits per heavy atom. The van der Waals surface area contributed by atoms with Crippen molar-refractivity contribution in [1.82, 2.24) is 20.2 Å². The summed E-state index contributed by atoms with van der Waals surface area (Å²) >= 11 is 1.42. The van der Waals surface area contributed by atoms with Crippen LogP contribution in [0.2, 0.25) is 0 Å². The van der Waals surface area contributed by atoms with E-state index in [2.05, 4.69) is 15.6 Å². The summed E-state index contributed by atoms with van der Waals surface area (Å²) in [7, 11) is 4.76. The summed E-state index contributed by atoms with van der Waals surface area (Å²) in [5, 5.41) is 6.30. The van der Waals surface area contributed by atoms with Crippen LogP contribution in [0.1, 0.15) is 11.6 Å². The standard InChI is InChI=1S/C18H20N4O4S/c1-22-8-7-19-18(22)27-10-13-14(16(23)26-3)15(21-17(24)20-13)11-5-4-6-12(9-11)25-2/h4-9,15H,10H2,1-3H3,(H2,20,21,24). The number of benzene rings is 1. The number of thioether (sulfide) groups is 1. The molecule has 2 aromatic rings. The van der Waals surface area contributed by atoms with Crippen molar-refractivity contribution in [2.24, 2.45) is 7.05 Å². The lowest BCUT2D eigenvalue weighted by Gasteiger charge is -2.29. The number of carbonyl (C=O) groups is 2. The van der Waals surface area contributed by atoms with E-state index < -0.39 is 12.0 Å². The van der Waals surface area contributed by atoms with Crippen LogP contribution < -0.4 is 15.4 Å². The maximum atomic E-state index is 12.5. The molecular formula is C18H20N4O4S. The average molecular weight is 388 g/mol. The first kappa shape index (κ1) is 18.8. The fourth-order valence-corrected chi connectivity index (χ4v) is 3.68. The van der Waals surface area contributed by atoms with Crippen molar-refractivity contribution in [2.75, 3.05) is 20.0 Å². The van der Waals surface area contributed by atoms with Gasteiger partial charge in [-0.15, -0.1) is 0 Å². The molecule has 1 aliphatic rings. The zero-order valence-corrected chi connectivity index (χ0v) is 16.0. The van der Waals surface area contributed by atoms with Crippen LogP contribution in [0.25, 0.3) is 0 Å². The van der Waals surface area contributed by atoms with E-state index in [1.807, 2.05) is 23.9 Å². The molecule has 1 aromatic carbocycles. The topological polar surface area (TPSA) is 94.5 Å². The SMILES string of the molecule is COC(=O)C1=C(CSc2nccn2C)NC(=O)NC1c1cccc(OC)c1. The lowest BCUT2D eigenvalue weighted by Crippen LogP contribution is -2.46. The predicted molar refractivity (Wildman–Crippen MR) is 100 cm³/mol. The normalized spacial score (nSPS) is 16.6. The van der Waals surface area contributed by atoms with E-state index in [1.165, 1.54) is 18.9 Å². The van der Waals surface area contributed by atoms with E-state index in [4.69, 9.17) is 9.47 Å². The average Bonchev–Trinajstić information content (AvgIpc) is 3.10. The zero-order valence-electron chi connectivity index (χ0n) is 15.2. The van der Waals surface area contributed by atoms with E-state index in [0.29, 0.717) is 22.8 Å². The highest BCUT2D eigenvalue weighted by molar-refractivity contribution is 7.99. The smallest absolute Gasteiger partial charge is 0.338 e. The minimum atomic E-state index is -0.640. The molecule has 0 fully saturated rings. The molecule has 1 aliphatic heterocycles. The predicted octanol–water partition coefficient (Wildman–Crippen LogP) is 2.00. The van der Waals surface area contributed by atoms with Gasteiger partial charge in [-0.25, -0.2) is 14.6 Å². The van der Waals surface area contributed by atoms with Crippen LogP contribution in [0.3, 0.4) is 0 Å². The highest BCUT2D eigenvalue weighted by atomic mass is 32.2. The Hall–Kier alpha value is -2.94. The van der Waals surface area contributed by atoms with Gasteiger partial charge in [0.05, 0.1) is 25.8 Å². The number of carbonyl (C=O) groups excluding carboxylic acids is 2. The van der Waals surface area contributed by atoms with Crippen molar-refractivity contribution in [2.45, 2.75) is 11.2 Å². The van der Waals surface area contributed by atoms with Crippen LogP contribution in [0.15, 0.2) is 53.1 Å². The number of aromatic nitrogens is 2. The molecule has 1 atom stereocenters. The summed E-state index contributed by atoms with van der Waals surface area (Å²) in [5.41, 5.74) is 1.57. The number of nitrogens with one attached hydrogen (secondary N) is 2. The first-order chi connectivity index (χ1) is 13.0. The molecule has 0 spiro atoms. The Kier molecular flexibility index (Phi) is 5.70. The molecule has 2 amide bonds. The number of nitrogens with zero attached hydrogens (tertiary/aromatic N) is 2. The van der Waals surface area contributed by atoms with Gasteiger partial charge in [-0.3, -0.25) is 0 Å². The van der Waals surface area contributed by atoms with Crippen molar-refractivity contribution in [3.8, 4) is 5.75 Å². The molecule has 142 valence electrons. The third-order valence-corrected chi connectivity index (χ3v) is 5.19. The molecule has 1 unspecified atom stereocenters. The molecule has 2 heterocycles. The van der Waals surface area contributed by atoms with Crippen molar-refractivity contribution < 1.29 is 19.1 Å². The van der Waals surface area contributed by atoms with Crippen LogP contribution in [0.4, 0.5) is 4.79 Å². The zero-order chi connectivity index (χ0) is 19.4. The fourth-order valence-electron chi connectivity index (χ4n) is 2.78. The van der Waals surface area contributed by atoms with Gasteiger partial charge in [-0.1, -0.05) is 23.9 Å². The molecule has 27 heavy (non-hydrogen) atoms. The Bertz CT molecular complexity index is 893. The van der Waals surface area contributed by atoms with Gasteiger partial charge in [0, 0.05) is 30.9 Å². The molecule has 1 aromatic heterocycles. The molecule has 3 rings (SSSR count). The van der Waals surface area contributed by atoms with Gasteiger partial charge in [0.15, 0.2) is 5.16 Å². The second kappa shape index (κ2) is 8.17. The number of rotatable bonds is 6. The van der Waals surface area contributed by atoms with Crippen LogP contribution in [0, 0.1) is 0 Å². The molecule has 0 aliphatic carbocycles. The number of methoxy groups -OCH3 is 2. The Morgan fingerprint density at radius 1 is 1.37 bits per heavy atom. The number of urea groups is 1. The van der Waals surface area contributed by atoms with E-state index in [9.17, 15) is 9.59 Å². The van der Waals surface area contributed by atoms with E-state index in [0.717, 1.165) is 10.7 Å². The molecule has 0 saturated heterocycles. The second-order valence-corrected chi connectivity index (χ2v) is 6.74. The molecule has 8 nitrogen and oxygen atoms in total. The maximum Gasteiger partial charge on any atom is 0.338 e. The fraction of sp³-hybridized carbons (Fsp3) is 0.278. The molecule has 0 saturated carbocycles. The summed E-state index contributed by atoms with van der Waals surface area (Å²) in [5.74, 6) is 0.489. The molecule has 0 radical (unpaired) electrons. The van der Waals surface area contributed by atoms with Gasteiger partial charge >= 0.3 is 12.0 Å². The third kappa shape index (κ3) is 4.08. The van der Waals surface area contributed by atoms with E-state index >= 15 is 0 Å². The van der Waals surface area contributed by atoms with Crippen LogP contribution in [-0.2, 0) is 16.6 Å². The molecular weight excluding hydrogens is 368 g/mol. The Balaban J connectivity index is 1.98. The van der Waals surface area contributed by atoms with Gasteiger partial charge in [-0.2, -0.15) is 0 Å². The number of ether oxygens (including phenoxy) is 2. The van der Waals surface area contributed by atoms with Crippen molar-refractivity contribution >= 4 is 23.8 Å². The maximum absolute atomic E-state index is 12.5. The number of amides is 2. The Morgan fingerprint density at radius 3 is 2.85 bits per heavy atom. The quantitative estimate of drug-likeness (QED) is 0.581. The Labute approximate surface area is 160 Å². The summed E-state index contributed by atoms with van der Waals surface area (Å²) in [6, 6.07) is 6.18. The lowest BCUT2D eigenvalue weighted by atomic mass is 9.95. The summed E-state index contributed by atoms with van der Waals surface area (Å²) < 4.78 is 12.1. The first-order valence-electron chi connectivity index (χ1n) is 8.16. The van der Waals surface area contributed by atoms with Crippen molar-refractivity contribution in [3.05, 3.63) is 53.5 Å². The first-order valence-corrected chi connectivity index (χ1v) is 9.15. The van der Waals surface area contributed by atoms with Crippen LogP contribution >= 0.6 is 11.8 Å². The van der Waals surface area contributed by atoms with E-state index in [-0.39, 0.29) is 6.03 Å². The van der Waals surface area contributed by atoms with Crippen LogP contribution in [0.5, 0.6) is 5.75 Å². The van der Waals surface area contributed by atoms with E-state index in [1.54, 1.807) is 31.5 Å². The second-order valence-electron chi connectivity index (χ2n) is 5.80. The monoisotopic (exact) mass is 388 g/mol. The van der Waals surface area contributed by atoms with Gasteiger partial charge < -0.3 is 24.7 Å². The third-order valence-electron chi connectivity index (χ3n) is 4.11. The number of aryl methyl sites for hydroxylation is 1. The van der Waals surface area contributed by atoms with Crippen molar-refractivity contribution in [1.29, 1.82) is 0 Å². The minimum Gasteiger partial charge on any atom is -0.497 e. The van der Waals surface area contributed by atoms with Gasteiger partial charge in [0.2, 0.25) is 0 Å². The molecule has 2 N–H and O–H groups in total. The van der Waals surface area contributed by atoms with Gasteiger partial charge in [0.1, 0.15) is 5.75 Å². The highest BCUT2D eigenvalue weighted by Crippen LogP contribution is 2.31. The number of hydrogen-bond acceptors (Lipinski definition) is 6. The van der Waals surface area contributed by atoms with Gasteiger partial charge in [-0.05, 0) is 17.7 Å². The molecule has 9 heteroatoms.